The zero-order chi connectivity index (χ0) is 13.1. The maximum Gasteiger partial charge on any atom is 0.227 e. The average molecular weight is 270 g/mol. The summed E-state index contributed by atoms with van der Waals surface area (Å²) < 4.78 is 13.1. The molecule has 1 aliphatic heterocycles. The van der Waals surface area contributed by atoms with Crippen LogP contribution in [0.4, 0.5) is 4.39 Å². The number of carbonyl (C=O) groups excluding carboxylic acids is 1. The number of benzene rings is 1. The van der Waals surface area contributed by atoms with Gasteiger partial charge in [-0.15, -0.1) is 11.6 Å². The molecule has 0 aromatic heterocycles. The van der Waals surface area contributed by atoms with Gasteiger partial charge in [0.15, 0.2) is 0 Å². The second-order valence-corrected chi connectivity index (χ2v) is 5.19. The molecule has 1 aromatic rings. The molecule has 1 saturated heterocycles. The summed E-state index contributed by atoms with van der Waals surface area (Å²) in [5, 5.41) is 0. The van der Waals surface area contributed by atoms with E-state index in [1.807, 2.05) is 4.90 Å². The van der Waals surface area contributed by atoms with Crippen LogP contribution in [0.3, 0.4) is 0 Å². The van der Waals surface area contributed by atoms with Crippen LogP contribution in [0, 0.1) is 11.7 Å². The van der Waals surface area contributed by atoms with Gasteiger partial charge in [0.25, 0.3) is 0 Å². The van der Waals surface area contributed by atoms with E-state index in [4.69, 9.17) is 11.6 Å². The molecule has 4 heteroatoms. The quantitative estimate of drug-likeness (QED) is 0.773. The van der Waals surface area contributed by atoms with E-state index < -0.39 is 0 Å². The molecule has 0 bridgehead atoms. The van der Waals surface area contributed by atoms with Crippen molar-refractivity contribution in [3.8, 4) is 0 Å². The molecule has 0 saturated carbocycles. The van der Waals surface area contributed by atoms with E-state index in [0.717, 1.165) is 13.0 Å². The first-order chi connectivity index (χ1) is 8.61. The van der Waals surface area contributed by atoms with Crippen molar-refractivity contribution in [1.82, 2.24) is 4.90 Å². The monoisotopic (exact) mass is 269 g/mol. The minimum absolute atomic E-state index is 0.0376. The summed E-state index contributed by atoms with van der Waals surface area (Å²) in [6.45, 7) is 2.87. The molecular weight excluding hydrogens is 253 g/mol. The largest absolute Gasteiger partial charge is 0.338 e. The van der Waals surface area contributed by atoms with Crippen LogP contribution in [0.25, 0.3) is 0 Å². The van der Waals surface area contributed by atoms with Gasteiger partial charge in [-0.1, -0.05) is 19.1 Å². The van der Waals surface area contributed by atoms with E-state index in [-0.39, 0.29) is 24.2 Å². The summed E-state index contributed by atoms with van der Waals surface area (Å²) in [4.78, 5) is 14.0. The zero-order valence-corrected chi connectivity index (χ0v) is 11.2. The van der Waals surface area contributed by atoms with E-state index in [0.29, 0.717) is 17.4 Å². The molecule has 0 spiro atoms. The van der Waals surface area contributed by atoms with Crippen molar-refractivity contribution in [2.45, 2.75) is 25.8 Å². The fourth-order valence-electron chi connectivity index (χ4n) is 2.48. The number of nitrogens with zero attached hydrogens (tertiary/aromatic N) is 1. The Morgan fingerprint density at radius 3 is 3.00 bits per heavy atom. The lowest BCUT2D eigenvalue weighted by Gasteiger charge is -2.25. The molecule has 2 unspecified atom stereocenters. The molecule has 0 radical (unpaired) electrons. The third-order valence-electron chi connectivity index (χ3n) is 3.61. The van der Waals surface area contributed by atoms with Crippen LogP contribution in [-0.4, -0.2) is 29.3 Å². The second-order valence-electron chi connectivity index (χ2n) is 4.88. The molecule has 0 aliphatic carbocycles. The molecule has 1 aromatic carbocycles. The van der Waals surface area contributed by atoms with Gasteiger partial charge in [0, 0.05) is 18.5 Å². The Kier molecular flexibility index (Phi) is 4.23. The van der Waals surface area contributed by atoms with E-state index in [9.17, 15) is 9.18 Å². The summed E-state index contributed by atoms with van der Waals surface area (Å²) in [5.41, 5.74) is 0.716. The number of rotatable bonds is 3. The number of hydrogen-bond acceptors (Lipinski definition) is 1. The molecule has 1 amide bonds. The van der Waals surface area contributed by atoms with Crippen LogP contribution < -0.4 is 0 Å². The van der Waals surface area contributed by atoms with Crippen molar-refractivity contribution in [2.75, 3.05) is 12.4 Å². The summed E-state index contributed by atoms with van der Waals surface area (Å²) in [6.07, 6.45) is 1.24. The van der Waals surface area contributed by atoms with Crippen LogP contribution in [0.15, 0.2) is 24.3 Å². The number of halogens is 2. The summed E-state index contributed by atoms with van der Waals surface area (Å²) in [6, 6.07) is 6.31. The van der Waals surface area contributed by atoms with Gasteiger partial charge in [-0.25, -0.2) is 4.39 Å². The predicted molar refractivity (Wildman–Crippen MR) is 70.1 cm³/mol. The molecule has 1 fully saturated rings. The van der Waals surface area contributed by atoms with Crippen LogP contribution in [0.2, 0.25) is 0 Å². The molecule has 2 nitrogen and oxygen atoms in total. The van der Waals surface area contributed by atoms with E-state index in [1.165, 1.54) is 12.1 Å². The molecule has 2 rings (SSSR count). The van der Waals surface area contributed by atoms with Gasteiger partial charge < -0.3 is 4.90 Å². The van der Waals surface area contributed by atoms with E-state index in [1.54, 1.807) is 12.1 Å². The number of alkyl halides is 1. The fourth-order valence-corrected chi connectivity index (χ4v) is 2.95. The van der Waals surface area contributed by atoms with Crippen molar-refractivity contribution < 1.29 is 9.18 Å². The van der Waals surface area contributed by atoms with Gasteiger partial charge in [-0.2, -0.15) is 0 Å². The zero-order valence-electron chi connectivity index (χ0n) is 10.4. The highest BCUT2D eigenvalue weighted by molar-refractivity contribution is 6.18. The summed E-state index contributed by atoms with van der Waals surface area (Å²) in [5.74, 6) is 0.648. The van der Waals surface area contributed by atoms with Crippen LogP contribution >= 0.6 is 11.6 Å². The Morgan fingerprint density at radius 1 is 1.56 bits per heavy atom. The lowest BCUT2D eigenvalue weighted by atomic mass is 10.0. The Morgan fingerprint density at radius 2 is 2.33 bits per heavy atom. The normalized spacial score (nSPS) is 23.4. The third-order valence-corrected chi connectivity index (χ3v) is 3.92. The van der Waals surface area contributed by atoms with Crippen LogP contribution in [0.1, 0.15) is 18.9 Å². The fraction of sp³-hybridized carbons (Fsp3) is 0.500. The topological polar surface area (TPSA) is 20.3 Å². The molecule has 1 heterocycles. The standard InChI is InChI=1S/C14H17ClFNO/c1-10-5-6-17(13(10)9-15)14(18)8-11-3-2-4-12(16)7-11/h2-4,7,10,13H,5-6,8-9H2,1H3. The maximum absolute atomic E-state index is 13.1. The van der Waals surface area contributed by atoms with Crippen molar-refractivity contribution in [3.05, 3.63) is 35.6 Å². The average Bonchev–Trinajstić information content (AvgIpc) is 2.70. The highest BCUT2D eigenvalue weighted by Gasteiger charge is 2.33. The van der Waals surface area contributed by atoms with Crippen LogP contribution in [0.5, 0.6) is 0 Å². The highest BCUT2D eigenvalue weighted by Crippen LogP contribution is 2.25. The lowest BCUT2D eigenvalue weighted by molar-refractivity contribution is -0.131. The molecule has 2 atom stereocenters. The van der Waals surface area contributed by atoms with Gasteiger partial charge in [-0.05, 0) is 30.0 Å². The van der Waals surface area contributed by atoms with Gasteiger partial charge in [0.05, 0.1) is 6.42 Å². The SMILES string of the molecule is CC1CCN(C(=O)Cc2cccc(F)c2)C1CCl. The van der Waals surface area contributed by atoms with Gasteiger partial charge in [0.2, 0.25) is 5.91 Å². The van der Waals surface area contributed by atoms with Gasteiger partial charge in [0.1, 0.15) is 5.82 Å². The number of likely N-dealkylation sites (tertiary alicyclic amines) is 1. The first-order valence-electron chi connectivity index (χ1n) is 6.21. The van der Waals surface area contributed by atoms with Gasteiger partial charge >= 0.3 is 0 Å². The molecule has 18 heavy (non-hydrogen) atoms. The van der Waals surface area contributed by atoms with Crippen molar-refractivity contribution in [2.24, 2.45) is 5.92 Å². The Labute approximate surface area is 112 Å². The lowest BCUT2D eigenvalue weighted by Crippen LogP contribution is -2.39. The Bertz CT molecular complexity index is 438. The second kappa shape index (κ2) is 5.70. The maximum atomic E-state index is 13.1. The molecule has 98 valence electrons. The third kappa shape index (κ3) is 2.83. The Hall–Kier alpha value is -1.09. The smallest absolute Gasteiger partial charge is 0.227 e. The van der Waals surface area contributed by atoms with Crippen molar-refractivity contribution in [1.29, 1.82) is 0 Å². The van der Waals surface area contributed by atoms with Crippen LogP contribution in [-0.2, 0) is 11.2 Å². The number of carbonyl (C=O) groups is 1. The first kappa shape index (κ1) is 13.3. The van der Waals surface area contributed by atoms with E-state index in [2.05, 4.69) is 6.92 Å². The summed E-state index contributed by atoms with van der Waals surface area (Å²) in [7, 11) is 0. The van der Waals surface area contributed by atoms with Gasteiger partial charge in [-0.3, -0.25) is 4.79 Å². The van der Waals surface area contributed by atoms with E-state index >= 15 is 0 Å². The number of amides is 1. The molecule has 0 N–H and O–H groups in total. The number of hydrogen-bond donors (Lipinski definition) is 0. The predicted octanol–water partition coefficient (Wildman–Crippen LogP) is 2.84. The highest BCUT2D eigenvalue weighted by atomic mass is 35.5. The Balaban J connectivity index is 2.04. The molecule has 1 aliphatic rings. The minimum Gasteiger partial charge on any atom is -0.338 e. The van der Waals surface area contributed by atoms with Crippen molar-refractivity contribution in [3.63, 3.8) is 0 Å². The first-order valence-corrected chi connectivity index (χ1v) is 6.75. The van der Waals surface area contributed by atoms with Crippen molar-refractivity contribution >= 4 is 17.5 Å². The summed E-state index contributed by atoms with van der Waals surface area (Å²) >= 11 is 5.92. The molecular formula is C14H17ClFNO. The minimum atomic E-state index is -0.302.